The smallest absolute Gasteiger partial charge is 0.254 e. The van der Waals surface area contributed by atoms with Crippen molar-refractivity contribution >= 4 is 5.91 Å². The molecule has 2 aliphatic rings. The maximum Gasteiger partial charge on any atom is 0.254 e. The first-order valence-corrected chi connectivity index (χ1v) is 7.82. The molecule has 1 aromatic carbocycles. The number of aliphatic hydroxyl groups is 1. The van der Waals surface area contributed by atoms with Crippen LogP contribution in [0.25, 0.3) is 0 Å². The van der Waals surface area contributed by atoms with E-state index in [9.17, 15) is 14.3 Å². The van der Waals surface area contributed by atoms with E-state index in [0.717, 1.165) is 19.0 Å². The Labute approximate surface area is 133 Å². The molecular formula is C16H21FN2O4. The molecule has 0 spiro atoms. The van der Waals surface area contributed by atoms with Gasteiger partial charge in [-0.25, -0.2) is 4.39 Å². The average molecular weight is 324 g/mol. The lowest BCUT2D eigenvalue weighted by molar-refractivity contribution is -0.0566. The van der Waals surface area contributed by atoms with Crippen LogP contribution in [0.2, 0.25) is 0 Å². The number of amides is 1. The zero-order valence-electron chi connectivity index (χ0n) is 12.7. The molecular weight excluding hydrogens is 303 g/mol. The van der Waals surface area contributed by atoms with Gasteiger partial charge in [-0.3, -0.25) is 9.69 Å². The first kappa shape index (κ1) is 16.2. The fraction of sp³-hybridized carbons (Fsp3) is 0.562. The fourth-order valence-corrected chi connectivity index (χ4v) is 3.32. The monoisotopic (exact) mass is 324 g/mol. The number of hydrogen-bond donors (Lipinski definition) is 3. The van der Waals surface area contributed by atoms with Crippen molar-refractivity contribution in [3.63, 3.8) is 0 Å². The molecule has 2 aliphatic heterocycles. The van der Waals surface area contributed by atoms with Gasteiger partial charge in [0.25, 0.3) is 5.91 Å². The summed E-state index contributed by atoms with van der Waals surface area (Å²) in [6.45, 7) is 2.13. The molecule has 2 fully saturated rings. The van der Waals surface area contributed by atoms with E-state index < -0.39 is 11.7 Å². The number of fused-ring (bicyclic) bond motifs is 1. The number of nitrogens with one attached hydrogen (secondary N) is 1. The van der Waals surface area contributed by atoms with Crippen molar-refractivity contribution < 1.29 is 24.1 Å². The zero-order chi connectivity index (χ0) is 16.4. The van der Waals surface area contributed by atoms with E-state index in [1.165, 1.54) is 12.1 Å². The number of morpholine rings is 1. The third-order valence-electron chi connectivity index (χ3n) is 4.47. The molecule has 0 saturated carbocycles. The lowest BCUT2D eigenvalue weighted by Gasteiger charge is -2.34. The van der Waals surface area contributed by atoms with Crippen molar-refractivity contribution in [2.75, 3.05) is 26.3 Å². The summed E-state index contributed by atoms with van der Waals surface area (Å²) in [6.07, 6.45) is 1.40. The van der Waals surface area contributed by atoms with Gasteiger partial charge in [-0.15, -0.1) is 0 Å². The van der Waals surface area contributed by atoms with Gasteiger partial charge in [0.2, 0.25) is 0 Å². The quantitative estimate of drug-likeness (QED) is 0.751. The maximum atomic E-state index is 13.7. The first-order chi connectivity index (χ1) is 11.1. The third-order valence-corrected chi connectivity index (χ3v) is 4.47. The number of hydrogen-bond acceptors (Lipinski definition) is 5. The van der Waals surface area contributed by atoms with E-state index >= 15 is 0 Å². The molecule has 3 N–H and O–H groups in total. The number of aromatic hydroxyl groups is 1. The Balaban J connectivity index is 1.58. The molecule has 6 nitrogen and oxygen atoms in total. The van der Waals surface area contributed by atoms with E-state index in [4.69, 9.17) is 9.84 Å². The Bertz CT molecular complexity index is 583. The van der Waals surface area contributed by atoms with Crippen LogP contribution in [0, 0.1) is 5.82 Å². The third kappa shape index (κ3) is 3.63. The van der Waals surface area contributed by atoms with Crippen molar-refractivity contribution in [2.45, 2.75) is 31.0 Å². The number of phenols is 1. The number of halogens is 1. The number of carbonyl (C=O) groups is 1. The highest BCUT2D eigenvalue weighted by atomic mass is 19.1. The minimum absolute atomic E-state index is 0.0280. The Morgan fingerprint density at radius 3 is 3.00 bits per heavy atom. The van der Waals surface area contributed by atoms with Gasteiger partial charge in [0.1, 0.15) is 11.6 Å². The molecule has 0 aliphatic carbocycles. The SMILES string of the molecule is O=C(N[C@H]1C[C@H]2CO[C@@H](CCO)CN2C1)c1ccc(O)cc1F. The molecule has 7 heteroatoms. The minimum Gasteiger partial charge on any atom is -0.508 e. The molecule has 3 rings (SSSR count). The highest BCUT2D eigenvalue weighted by Crippen LogP contribution is 2.24. The van der Waals surface area contributed by atoms with Crippen molar-refractivity contribution in [3.05, 3.63) is 29.6 Å². The first-order valence-electron chi connectivity index (χ1n) is 7.82. The van der Waals surface area contributed by atoms with Crippen LogP contribution in [0.3, 0.4) is 0 Å². The van der Waals surface area contributed by atoms with E-state index in [1.54, 1.807) is 0 Å². The second-order valence-electron chi connectivity index (χ2n) is 6.15. The molecule has 1 aromatic rings. The molecule has 0 aromatic heterocycles. The van der Waals surface area contributed by atoms with Crippen molar-refractivity contribution in [1.82, 2.24) is 10.2 Å². The summed E-state index contributed by atoms with van der Waals surface area (Å²) in [4.78, 5) is 14.4. The lowest BCUT2D eigenvalue weighted by atomic mass is 10.1. The number of benzene rings is 1. The highest BCUT2D eigenvalue weighted by Gasteiger charge is 2.37. The Morgan fingerprint density at radius 1 is 1.43 bits per heavy atom. The summed E-state index contributed by atoms with van der Waals surface area (Å²) < 4.78 is 19.4. The number of ether oxygens (including phenoxy) is 1. The highest BCUT2D eigenvalue weighted by molar-refractivity contribution is 5.94. The molecule has 126 valence electrons. The van der Waals surface area contributed by atoms with Crippen LogP contribution in [-0.4, -0.2) is 65.5 Å². The second kappa shape index (κ2) is 6.82. The molecule has 3 atom stereocenters. The molecule has 2 heterocycles. The molecule has 1 amide bonds. The number of nitrogens with zero attached hydrogens (tertiary/aromatic N) is 1. The van der Waals surface area contributed by atoms with Gasteiger partial charge < -0.3 is 20.3 Å². The summed E-state index contributed by atoms with van der Waals surface area (Å²) in [5.41, 5.74) is -0.0675. The lowest BCUT2D eigenvalue weighted by Crippen LogP contribution is -2.46. The van der Waals surface area contributed by atoms with Crippen molar-refractivity contribution in [2.24, 2.45) is 0 Å². The van der Waals surface area contributed by atoms with Crippen LogP contribution in [0.1, 0.15) is 23.2 Å². The summed E-state index contributed by atoms with van der Waals surface area (Å²) in [5, 5.41) is 21.0. The zero-order valence-corrected chi connectivity index (χ0v) is 12.7. The van der Waals surface area contributed by atoms with Crippen LogP contribution in [-0.2, 0) is 4.74 Å². The van der Waals surface area contributed by atoms with Crippen LogP contribution < -0.4 is 5.32 Å². The van der Waals surface area contributed by atoms with Gasteiger partial charge in [0.15, 0.2) is 0 Å². The van der Waals surface area contributed by atoms with E-state index in [-0.39, 0.29) is 36.1 Å². The number of aliphatic hydroxyl groups excluding tert-OH is 1. The van der Waals surface area contributed by atoms with Crippen LogP contribution >= 0.6 is 0 Å². The maximum absolute atomic E-state index is 13.7. The Hall–Kier alpha value is -1.70. The van der Waals surface area contributed by atoms with Gasteiger partial charge in [-0.05, 0) is 25.0 Å². The fourth-order valence-electron chi connectivity index (χ4n) is 3.32. The summed E-state index contributed by atoms with van der Waals surface area (Å²) in [5.74, 6) is -1.41. The van der Waals surface area contributed by atoms with E-state index in [1.807, 2.05) is 0 Å². The predicted octanol–water partition coefficient (Wildman–Crippen LogP) is 0.485. The van der Waals surface area contributed by atoms with Gasteiger partial charge in [-0.2, -0.15) is 0 Å². The molecule has 2 saturated heterocycles. The van der Waals surface area contributed by atoms with Gasteiger partial charge in [0.05, 0.1) is 18.3 Å². The molecule has 0 unspecified atom stereocenters. The van der Waals surface area contributed by atoms with E-state index in [0.29, 0.717) is 19.6 Å². The minimum atomic E-state index is -0.732. The average Bonchev–Trinajstić information content (AvgIpc) is 2.88. The van der Waals surface area contributed by atoms with Gasteiger partial charge in [-0.1, -0.05) is 0 Å². The number of carbonyl (C=O) groups excluding carboxylic acids is 1. The standard InChI is InChI=1S/C16H21FN2O4/c17-15-6-12(21)1-2-14(15)16(22)18-10-5-11-9-23-13(3-4-20)8-19(11)7-10/h1-2,6,10-11,13,20-21H,3-5,7-9H2,(H,18,22)/t10-,11-,13-/m0/s1. The van der Waals surface area contributed by atoms with Crippen LogP contribution in [0.15, 0.2) is 18.2 Å². The Kier molecular flexibility index (Phi) is 4.79. The van der Waals surface area contributed by atoms with Crippen molar-refractivity contribution in [3.8, 4) is 5.75 Å². The predicted molar refractivity (Wildman–Crippen MR) is 80.7 cm³/mol. The summed E-state index contributed by atoms with van der Waals surface area (Å²) >= 11 is 0. The largest absolute Gasteiger partial charge is 0.508 e. The van der Waals surface area contributed by atoms with Crippen LogP contribution in [0.5, 0.6) is 5.75 Å². The molecule has 0 bridgehead atoms. The van der Waals surface area contributed by atoms with Crippen LogP contribution in [0.4, 0.5) is 4.39 Å². The van der Waals surface area contributed by atoms with Crippen molar-refractivity contribution in [1.29, 1.82) is 0 Å². The molecule has 23 heavy (non-hydrogen) atoms. The Morgan fingerprint density at radius 2 is 2.26 bits per heavy atom. The second-order valence-corrected chi connectivity index (χ2v) is 6.15. The number of rotatable bonds is 4. The van der Waals surface area contributed by atoms with Gasteiger partial charge >= 0.3 is 0 Å². The summed E-state index contributed by atoms with van der Waals surface area (Å²) in [7, 11) is 0. The summed E-state index contributed by atoms with van der Waals surface area (Å²) in [6, 6.07) is 3.70. The van der Waals surface area contributed by atoms with Gasteiger partial charge in [0, 0.05) is 37.8 Å². The molecule has 0 radical (unpaired) electrons. The number of phenolic OH excluding ortho intramolecular Hbond substituents is 1. The topological polar surface area (TPSA) is 82.0 Å². The van der Waals surface area contributed by atoms with E-state index in [2.05, 4.69) is 10.2 Å². The normalized spacial score (nSPS) is 27.7.